The van der Waals surface area contributed by atoms with E-state index < -0.39 is 5.97 Å². The predicted octanol–water partition coefficient (Wildman–Crippen LogP) is 1.17. The minimum Gasteiger partial charge on any atom is -0.481 e. The standard InChI is InChI=1S/C13H21NO4/c1-18-11-6-10(7-11)14-12(15)8-2-4-9(5-3-8)13(16)17/h8-11H,2-7H2,1H3,(H,14,15)(H,16,17). The normalized spacial score (nSPS) is 35.6. The van der Waals surface area contributed by atoms with Crippen molar-refractivity contribution in [2.45, 2.75) is 50.7 Å². The van der Waals surface area contributed by atoms with E-state index in [1.165, 1.54) is 0 Å². The Morgan fingerprint density at radius 3 is 2.17 bits per heavy atom. The lowest BCUT2D eigenvalue weighted by Crippen LogP contribution is -2.49. The lowest BCUT2D eigenvalue weighted by atomic mass is 9.81. The van der Waals surface area contributed by atoms with E-state index in [-0.39, 0.29) is 29.9 Å². The molecule has 2 fully saturated rings. The van der Waals surface area contributed by atoms with Crippen LogP contribution in [0.2, 0.25) is 0 Å². The maximum absolute atomic E-state index is 12.0. The summed E-state index contributed by atoms with van der Waals surface area (Å²) in [6.45, 7) is 0. The zero-order valence-corrected chi connectivity index (χ0v) is 10.7. The molecule has 0 aromatic carbocycles. The first-order valence-corrected chi connectivity index (χ1v) is 6.66. The zero-order chi connectivity index (χ0) is 13.1. The molecule has 2 saturated carbocycles. The molecular weight excluding hydrogens is 234 g/mol. The summed E-state index contributed by atoms with van der Waals surface area (Å²) in [6.07, 6.45) is 4.72. The van der Waals surface area contributed by atoms with Crippen molar-refractivity contribution >= 4 is 11.9 Å². The number of ether oxygens (including phenoxy) is 1. The van der Waals surface area contributed by atoms with E-state index in [4.69, 9.17) is 9.84 Å². The topological polar surface area (TPSA) is 75.6 Å². The van der Waals surface area contributed by atoms with Gasteiger partial charge in [0.15, 0.2) is 0 Å². The average molecular weight is 255 g/mol. The number of carbonyl (C=O) groups is 2. The van der Waals surface area contributed by atoms with Crippen LogP contribution in [-0.4, -0.2) is 36.2 Å². The highest BCUT2D eigenvalue weighted by Crippen LogP contribution is 2.30. The molecule has 102 valence electrons. The molecule has 2 aliphatic rings. The van der Waals surface area contributed by atoms with Crippen molar-refractivity contribution in [1.29, 1.82) is 0 Å². The van der Waals surface area contributed by atoms with Crippen LogP contribution in [0.5, 0.6) is 0 Å². The van der Waals surface area contributed by atoms with E-state index in [0.29, 0.717) is 25.7 Å². The Bertz CT molecular complexity index is 317. The van der Waals surface area contributed by atoms with Gasteiger partial charge in [-0.1, -0.05) is 0 Å². The number of methoxy groups -OCH3 is 1. The van der Waals surface area contributed by atoms with Crippen molar-refractivity contribution in [3.8, 4) is 0 Å². The second kappa shape index (κ2) is 5.69. The Balaban J connectivity index is 1.70. The molecule has 0 atom stereocenters. The highest BCUT2D eigenvalue weighted by Gasteiger charge is 2.34. The molecule has 2 N–H and O–H groups in total. The number of nitrogens with one attached hydrogen (secondary N) is 1. The van der Waals surface area contributed by atoms with Crippen LogP contribution >= 0.6 is 0 Å². The number of hydrogen-bond donors (Lipinski definition) is 2. The Kier molecular flexibility index (Phi) is 4.22. The fourth-order valence-electron chi connectivity index (χ4n) is 2.80. The van der Waals surface area contributed by atoms with Crippen molar-refractivity contribution in [3.05, 3.63) is 0 Å². The Hall–Kier alpha value is -1.10. The van der Waals surface area contributed by atoms with E-state index in [2.05, 4.69) is 5.32 Å². The molecule has 0 unspecified atom stereocenters. The van der Waals surface area contributed by atoms with Crippen LogP contribution in [-0.2, 0) is 14.3 Å². The number of carboxylic acids is 1. The van der Waals surface area contributed by atoms with Crippen LogP contribution in [0.1, 0.15) is 38.5 Å². The molecule has 2 rings (SSSR count). The first-order chi connectivity index (χ1) is 8.60. The van der Waals surface area contributed by atoms with Gasteiger partial charge in [-0.2, -0.15) is 0 Å². The molecule has 5 nitrogen and oxygen atoms in total. The predicted molar refractivity (Wildman–Crippen MR) is 65.0 cm³/mol. The SMILES string of the molecule is COC1CC(NC(=O)C2CCC(C(=O)O)CC2)C1. The van der Waals surface area contributed by atoms with Gasteiger partial charge in [-0.3, -0.25) is 9.59 Å². The minimum absolute atomic E-state index is 0.00203. The summed E-state index contributed by atoms with van der Waals surface area (Å²) in [7, 11) is 1.69. The van der Waals surface area contributed by atoms with Crippen molar-refractivity contribution in [3.63, 3.8) is 0 Å². The molecule has 2 aliphatic carbocycles. The quantitative estimate of drug-likeness (QED) is 0.790. The van der Waals surface area contributed by atoms with Crippen LogP contribution in [0.25, 0.3) is 0 Å². The number of rotatable bonds is 4. The van der Waals surface area contributed by atoms with Gasteiger partial charge in [0, 0.05) is 19.1 Å². The molecule has 0 heterocycles. The number of hydrogen-bond acceptors (Lipinski definition) is 3. The molecule has 0 bridgehead atoms. The van der Waals surface area contributed by atoms with Gasteiger partial charge in [0.1, 0.15) is 0 Å². The van der Waals surface area contributed by atoms with Gasteiger partial charge in [-0.25, -0.2) is 0 Å². The third kappa shape index (κ3) is 3.02. The van der Waals surface area contributed by atoms with Gasteiger partial charge in [0.25, 0.3) is 0 Å². The largest absolute Gasteiger partial charge is 0.481 e. The summed E-state index contributed by atoms with van der Waals surface area (Å²) in [5.74, 6) is -0.882. The number of carboxylic acid groups (broad SMARTS) is 1. The Morgan fingerprint density at radius 2 is 1.67 bits per heavy atom. The second-order valence-electron chi connectivity index (χ2n) is 5.42. The number of aliphatic carboxylic acids is 1. The molecule has 0 spiro atoms. The van der Waals surface area contributed by atoms with E-state index in [1.807, 2.05) is 0 Å². The number of amides is 1. The van der Waals surface area contributed by atoms with Gasteiger partial charge < -0.3 is 15.2 Å². The molecular formula is C13H21NO4. The highest BCUT2D eigenvalue weighted by atomic mass is 16.5. The van der Waals surface area contributed by atoms with E-state index in [1.54, 1.807) is 7.11 Å². The molecule has 0 aromatic heterocycles. The fourth-order valence-corrected chi connectivity index (χ4v) is 2.80. The average Bonchev–Trinajstić information content (AvgIpc) is 2.33. The van der Waals surface area contributed by atoms with Gasteiger partial charge in [-0.15, -0.1) is 0 Å². The van der Waals surface area contributed by atoms with Crippen LogP contribution < -0.4 is 5.32 Å². The smallest absolute Gasteiger partial charge is 0.306 e. The van der Waals surface area contributed by atoms with Crippen LogP contribution in [0.3, 0.4) is 0 Å². The van der Waals surface area contributed by atoms with Crippen molar-refractivity contribution in [1.82, 2.24) is 5.32 Å². The summed E-state index contributed by atoms with van der Waals surface area (Å²) in [6, 6.07) is 0.250. The molecule has 0 aromatic rings. The number of carbonyl (C=O) groups excluding carboxylic acids is 1. The maximum atomic E-state index is 12.0. The monoisotopic (exact) mass is 255 g/mol. The first kappa shape index (κ1) is 13.3. The third-order valence-corrected chi connectivity index (χ3v) is 4.22. The van der Waals surface area contributed by atoms with Gasteiger partial charge in [0.05, 0.1) is 12.0 Å². The van der Waals surface area contributed by atoms with Crippen LogP contribution in [0.4, 0.5) is 0 Å². The van der Waals surface area contributed by atoms with Gasteiger partial charge in [0.2, 0.25) is 5.91 Å². The van der Waals surface area contributed by atoms with Gasteiger partial charge >= 0.3 is 5.97 Å². The van der Waals surface area contributed by atoms with E-state index >= 15 is 0 Å². The van der Waals surface area contributed by atoms with Crippen molar-refractivity contribution in [2.24, 2.45) is 11.8 Å². The fraction of sp³-hybridized carbons (Fsp3) is 0.846. The Labute approximate surface area is 107 Å². The van der Waals surface area contributed by atoms with Crippen LogP contribution in [0.15, 0.2) is 0 Å². The lowest BCUT2D eigenvalue weighted by Gasteiger charge is -2.36. The zero-order valence-electron chi connectivity index (χ0n) is 10.7. The first-order valence-electron chi connectivity index (χ1n) is 6.66. The summed E-state index contributed by atoms with van der Waals surface area (Å²) in [5, 5.41) is 11.9. The summed E-state index contributed by atoms with van der Waals surface area (Å²) in [4.78, 5) is 22.8. The second-order valence-corrected chi connectivity index (χ2v) is 5.42. The summed E-state index contributed by atoms with van der Waals surface area (Å²) < 4.78 is 5.17. The highest BCUT2D eigenvalue weighted by molar-refractivity contribution is 5.79. The maximum Gasteiger partial charge on any atom is 0.306 e. The van der Waals surface area contributed by atoms with Crippen LogP contribution in [0, 0.1) is 11.8 Å². The van der Waals surface area contributed by atoms with Crippen molar-refractivity contribution in [2.75, 3.05) is 7.11 Å². The van der Waals surface area contributed by atoms with Gasteiger partial charge in [-0.05, 0) is 38.5 Å². The van der Waals surface area contributed by atoms with E-state index in [9.17, 15) is 9.59 Å². The Morgan fingerprint density at radius 1 is 1.11 bits per heavy atom. The minimum atomic E-state index is -0.726. The molecule has 0 aliphatic heterocycles. The molecule has 18 heavy (non-hydrogen) atoms. The van der Waals surface area contributed by atoms with Crippen molar-refractivity contribution < 1.29 is 19.4 Å². The molecule has 0 radical (unpaired) electrons. The molecule has 5 heteroatoms. The summed E-state index contributed by atoms with van der Waals surface area (Å²) in [5.41, 5.74) is 0. The molecule has 0 saturated heterocycles. The lowest BCUT2D eigenvalue weighted by molar-refractivity contribution is -0.144. The van der Waals surface area contributed by atoms with E-state index in [0.717, 1.165) is 12.8 Å². The third-order valence-electron chi connectivity index (χ3n) is 4.22. The molecule has 1 amide bonds. The summed E-state index contributed by atoms with van der Waals surface area (Å²) >= 11 is 0.